The van der Waals surface area contributed by atoms with E-state index in [4.69, 9.17) is 0 Å². The van der Waals surface area contributed by atoms with Gasteiger partial charge in [-0.1, -0.05) is 67.3 Å². The monoisotopic (exact) mass is 268 g/mol. The van der Waals surface area contributed by atoms with Gasteiger partial charge in [0.25, 0.3) is 0 Å². The highest BCUT2D eigenvalue weighted by molar-refractivity contribution is 5.14. The highest BCUT2D eigenvalue weighted by atomic mass is 15.2. The highest BCUT2D eigenvalue weighted by Crippen LogP contribution is 2.09. The molecule has 1 saturated heterocycles. The van der Waals surface area contributed by atoms with Crippen molar-refractivity contribution in [3.8, 4) is 0 Å². The molecule has 0 spiro atoms. The Bertz CT molecular complexity index is 448. The maximum Gasteiger partial charge on any atom is 0.0234 e. The minimum absolute atomic E-state index is 0.556. The second-order valence-electron chi connectivity index (χ2n) is 5.16. The molecular formula is C18H24N2. The van der Waals surface area contributed by atoms with Crippen molar-refractivity contribution in [2.75, 3.05) is 19.6 Å². The number of rotatable bonds is 6. The molecule has 2 nitrogen and oxygen atoms in total. The molecule has 1 fully saturated rings. The van der Waals surface area contributed by atoms with Crippen LogP contribution in [-0.4, -0.2) is 30.6 Å². The van der Waals surface area contributed by atoms with Crippen LogP contribution < -0.4 is 5.32 Å². The lowest BCUT2D eigenvalue weighted by Gasteiger charge is -2.33. The predicted molar refractivity (Wildman–Crippen MR) is 86.6 cm³/mol. The van der Waals surface area contributed by atoms with Gasteiger partial charge in [0.15, 0.2) is 0 Å². The molecule has 0 unspecified atom stereocenters. The van der Waals surface area contributed by atoms with Crippen molar-refractivity contribution in [1.82, 2.24) is 10.2 Å². The Labute approximate surface area is 122 Å². The maximum atomic E-state index is 3.66. The summed E-state index contributed by atoms with van der Waals surface area (Å²) in [7, 11) is 0. The Morgan fingerprint density at radius 3 is 2.85 bits per heavy atom. The summed E-state index contributed by atoms with van der Waals surface area (Å²) in [6.07, 6.45) is 11.2. The molecule has 1 aliphatic rings. The standard InChI is InChI=1S/C18H24N2/c1-2-3-4-5-9-12-18-16-20(14-13-19-18)15-17-10-7-6-8-11-17/h2-11,18-19H,1,12-16H2/b4-3-,9-5+/t18-/m0/s1. The first-order chi connectivity index (χ1) is 9.88. The van der Waals surface area contributed by atoms with Crippen molar-refractivity contribution in [3.05, 3.63) is 72.9 Å². The Morgan fingerprint density at radius 1 is 1.20 bits per heavy atom. The van der Waals surface area contributed by atoms with Crippen LogP contribution >= 0.6 is 0 Å². The molecule has 1 atom stereocenters. The van der Waals surface area contributed by atoms with Gasteiger partial charge in [0.2, 0.25) is 0 Å². The number of nitrogens with one attached hydrogen (secondary N) is 1. The van der Waals surface area contributed by atoms with Crippen molar-refractivity contribution in [3.63, 3.8) is 0 Å². The van der Waals surface area contributed by atoms with Crippen LogP contribution in [0.4, 0.5) is 0 Å². The van der Waals surface area contributed by atoms with Gasteiger partial charge in [-0.05, 0) is 12.0 Å². The normalized spacial score (nSPS) is 20.7. The molecule has 1 aliphatic heterocycles. The molecule has 1 aromatic rings. The van der Waals surface area contributed by atoms with E-state index in [1.807, 2.05) is 12.2 Å². The summed E-state index contributed by atoms with van der Waals surface area (Å²) < 4.78 is 0. The fraction of sp³-hybridized carbons (Fsp3) is 0.333. The summed E-state index contributed by atoms with van der Waals surface area (Å²) in [5.74, 6) is 0. The van der Waals surface area contributed by atoms with E-state index in [9.17, 15) is 0 Å². The van der Waals surface area contributed by atoms with Crippen LogP contribution in [0, 0.1) is 0 Å². The largest absolute Gasteiger partial charge is 0.311 e. The lowest BCUT2D eigenvalue weighted by Crippen LogP contribution is -2.49. The predicted octanol–water partition coefficient (Wildman–Crippen LogP) is 3.15. The topological polar surface area (TPSA) is 15.3 Å². The Hall–Kier alpha value is -1.64. The van der Waals surface area contributed by atoms with Gasteiger partial charge in [-0.2, -0.15) is 0 Å². The molecule has 1 heterocycles. The lowest BCUT2D eigenvalue weighted by atomic mass is 10.1. The van der Waals surface area contributed by atoms with Gasteiger partial charge in [0, 0.05) is 32.2 Å². The van der Waals surface area contributed by atoms with Gasteiger partial charge in [-0.15, -0.1) is 0 Å². The molecule has 106 valence electrons. The molecule has 20 heavy (non-hydrogen) atoms. The molecule has 0 bridgehead atoms. The van der Waals surface area contributed by atoms with E-state index in [-0.39, 0.29) is 0 Å². The first-order valence-electron chi connectivity index (χ1n) is 7.32. The van der Waals surface area contributed by atoms with Gasteiger partial charge >= 0.3 is 0 Å². The Kier molecular flexibility index (Phi) is 6.28. The third-order valence-electron chi connectivity index (χ3n) is 3.50. The second-order valence-corrected chi connectivity index (χ2v) is 5.16. The van der Waals surface area contributed by atoms with E-state index >= 15 is 0 Å². The molecule has 1 aromatic carbocycles. The van der Waals surface area contributed by atoms with E-state index < -0.39 is 0 Å². The van der Waals surface area contributed by atoms with E-state index in [0.29, 0.717) is 6.04 Å². The number of benzene rings is 1. The van der Waals surface area contributed by atoms with Crippen LogP contribution in [0.5, 0.6) is 0 Å². The fourth-order valence-corrected chi connectivity index (χ4v) is 2.50. The zero-order valence-electron chi connectivity index (χ0n) is 12.0. The fourth-order valence-electron chi connectivity index (χ4n) is 2.50. The van der Waals surface area contributed by atoms with E-state index in [0.717, 1.165) is 32.6 Å². The van der Waals surface area contributed by atoms with Gasteiger partial charge in [0.1, 0.15) is 0 Å². The third-order valence-corrected chi connectivity index (χ3v) is 3.50. The highest BCUT2D eigenvalue weighted by Gasteiger charge is 2.17. The van der Waals surface area contributed by atoms with Gasteiger partial charge in [-0.25, -0.2) is 0 Å². The summed E-state index contributed by atoms with van der Waals surface area (Å²) >= 11 is 0. The molecule has 0 radical (unpaired) electrons. The SMILES string of the molecule is C=C/C=C\C=C\C[C@H]1CN(Cc2ccccc2)CCN1. The van der Waals surface area contributed by atoms with Crippen LogP contribution in [0.15, 0.2) is 67.3 Å². The quantitative estimate of drug-likeness (QED) is 0.797. The number of hydrogen-bond acceptors (Lipinski definition) is 2. The summed E-state index contributed by atoms with van der Waals surface area (Å²) in [6, 6.07) is 11.3. The second kappa shape index (κ2) is 8.51. The Balaban J connectivity index is 1.78. The number of allylic oxidation sites excluding steroid dienone is 4. The smallest absolute Gasteiger partial charge is 0.0234 e. The summed E-state index contributed by atoms with van der Waals surface area (Å²) in [4.78, 5) is 2.53. The third kappa shape index (κ3) is 5.16. The first kappa shape index (κ1) is 14.8. The van der Waals surface area contributed by atoms with Crippen molar-refractivity contribution >= 4 is 0 Å². The van der Waals surface area contributed by atoms with E-state index in [2.05, 4.69) is 59.3 Å². The van der Waals surface area contributed by atoms with Crippen LogP contribution in [-0.2, 0) is 6.54 Å². The molecule has 2 rings (SSSR count). The zero-order chi connectivity index (χ0) is 14.0. The number of hydrogen-bond donors (Lipinski definition) is 1. The van der Waals surface area contributed by atoms with Crippen molar-refractivity contribution in [2.24, 2.45) is 0 Å². The van der Waals surface area contributed by atoms with E-state index in [1.165, 1.54) is 5.56 Å². The van der Waals surface area contributed by atoms with Crippen LogP contribution in [0.25, 0.3) is 0 Å². The van der Waals surface area contributed by atoms with Crippen molar-refractivity contribution in [1.29, 1.82) is 0 Å². The average molecular weight is 268 g/mol. The molecule has 0 aliphatic carbocycles. The summed E-state index contributed by atoms with van der Waals surface area (Å²) in [5, 5.41) is 3.59. The van der Waals surface area contributed by atoms with Crippen LogP contribution in [0.2, 0.25) is 0 Å². The maximum absolute atomic E-state index is 3.66. The van der Waals surface area contributed by atoms with Gasteiger partial charge in [0.05, 0.1) is 0 Å². The average Bonchev–Trinajstić information content (AvgIpc) is 2.48. The molecule has 0 aromatic heterocycles. The minimum Gasteiger partial charge on any atom is -0.311 e. The van der Waals surface area contributed by atoms with Crippen LogP contribution in [0.1, 0.15) is 12.0 Å². The van der Waals surface area contributed by atoms with Crippen molar-refractivity contribution in [2.45, 2.75) is 19.0 Å². The zero-order valence-corrected chi connectivity index (χ0v) is 12.0. The van der Waals surface area contributed by atoms with E-state index in [1.54, 1.807) is 6.08 Å². The molecule has 0 amide bonds. The molecule has 1 N–H and O–H groups in total. The number of nitrogens with zero attached hydrogens (tertiary/aromatic N) is 1. The molecule has 2 heteroatoms. The minimum atomic E-state index is 0.556. The first-order valence-corrected chi connectivity index (χ1v) is 7.32. The molecule has 0 saturated carbocycles. The number of piperazine rings is 1. The Morgan fingerprint density at radius 2 is 2.05 bits per heavy atom. The summed E-state index contributed by atoms with van der Waals surface area (Å²) in [5.41, 5.74) is 1.40. The summed E-state index contributed by atoms with van der Waals surface area (Å²) in [6.45, 7) is 8.04. The lowest BCUT2D eigenvalue weighted by molar-refractivity contribution is 0.193. The molecular weight excluding hydrogens is 244 g/mol. The van der Waals surface area contributed by atoms with Crippen molar-refractivity contribution < 1.29 is 0 Å². The van der Waals surface area contributed by atoms with Gasteiger partial charge in [-0.3, -0.25) is 4.90 Å². The van der Waals surface area contributed by atoms with Crippen LogP contribution in [0.3, 0.4) is 0 Å². The van der Waals surface area contributed by atoms with Gasteiger partial charge < -0.3 is 5.32 Å².